The van der Waals surface area contributed by atoms with Crippen molar-refractivity contribution in [2.24, 2.45) is 0 Å². The summed E-state index contributed by atoms with van der Waals surface area (Å²) < 4.78 is 5.00. The number of ether oxygens (including phenoxy) is 1. The normalized spacial score (nSPS) is 11.8. The van der Waals surface area contributed by atoms with Gasteiger partial charge in [0.25, 0.3) is 0 Å². The van der Waals surface area contributed by atoms with Gasteiger partial charge in [-0.1, -0.05) is 0 Å². The van der Waals surface area contributed by atoms with E-state index in [1.807, 2.05) is 19.1 Å². The Morgan fingerprint density at radius 3 is 2.93 bits per heavy atom. The van der Waals surface area contributed by atoms with Gasteiger partial charge in [-0.2, -0.15) is 5.26 Å². The highest BCUT2D eigenvalue weighted by molar-refractivity contribution is 5.62. The molecule has 3 N–H and O–H groups in total. The van der Waals surface area contributed by atoms with Crippen molar-refractivity contribution in [3.05, 3.63) is 23.8 Å². The zero-order valence-electron chi connectivity index (χ0n) is 8.95. The van der Waals surface area contributed by atoms with Crippen molar-refractivity contribution in [2.75, 3.05) is 24.8 Å². The maximum Gasteiger partial charge on any atom is 0.101 e. The largest absolute Gasteiger partial charge is 0.398 e. The Bertz CT molecular complexity index is 371. The molecule has 0 saturated carbocycles. The summed E-state index contributed by atoms with van der Waals surface area (Å²) >= 11 is 0. The molecule has 0 heterocycles. The van der Waals surface area contributed by atoms with Crippen LogP contribution in [0.15, 0.2) is 18.2 Å². The molecule has 0 bridgehead atoms. The van der Waals surface area contributed by atoms with Gasteiger partial charge in [-0.15, -0.1) is 0 Å². The molecule has 15 heavy (non-hydrogen) atoms. The van der Waals surface area contributed by atoms with E-state index in [4.69, 9.17) is 15.7 Å². The molecule has 0 spiro atoms. The lowest BCUT2D eigenvalue weighted by molar-refractivity contribution is 0.190. The molecule has 0 aliphatic heterocycles. The lowest BCUT2D eigenvalue weighted by atomic mass is 10.1. The third kappa shape index (κ3) is 3.15. The molecule has 0 radical (unpaired) electrons. The summed E-state index contributed by atoms with van der Waals surface area (Å²) in [6, 6.07) is 7.55. The number of benzene rings is 1. The Kier molecular flexibility index (Phi) is 3.95. The van der Waals surface area contributed by atoms with Crippen LogP contribution in [0.5, 0.6) is 0 Å². The summed E-state index contributed by atoms with van der Waals surface area (Å²) in [5.41, 5.74) is 7.49. The predicted octanol–water partition coefficient (Wildman–Crippen LogP) is 1.59. The van der Waals surface area contributed by atoms with E-state index < -0.39 is 0 Å². The fourth-order valence-corrected chi connectivity index (χ4v) is 1.32. The van der Waals surface area contributed by atoms with Gasteiger partial charge in [-0.3, -0.25) is 0 Å². The van der Waals surface area contributed by atoms with E-state index in [2.05, 4.69) is 5.32 Å². The highest BCUT2D eigenvalue weighted by Gasteiger charge is 2.03. The second-order valence-electron chi connectivity index (χ2n) is 3.41. The van der Waals surface area contributed by atoms with Gasteiger partial charge >= 0.3 is 0 Å². The van der Waals surface area contributed by atoms with E-state index in [1.165, 1.54) is 0 Å². The zero-order chi connectivity index (χ0) is 11.3. The van der Waals surface area contributed by atoms with Crippen LogP contribution >= 0.6 is 0 Å². The topological polar surface area (TPSA) is 71.1 Å². The molecule has 4 heteroatoms. The molecule has 0 saturated heterocycles. The summed E-state index contributed by atoms with van der Waals surface area (Å²) in [6.45, 7) is 2.62. The summed E-state index contributed by atoms with van der Waals surface area (Å²) in [5, 5.41) is 12.0. The van der Waals surface area contributed by atoms with E-state index in [9.17, 15) is 0 Å². The highest BCUT2D eigenvalue weighted by Crippen LogP contribution is 2.17. The molecule has 1 rings (SSSR count). The number of nitriles is 1. The van der Waals surface area contributed by atoms with Crippen molar-refractivity contribution < 1.29 is 4.74 Å². The Balaban J connectivity index is 2.75. The van der Waals surface area contributed by atoms with Gasteiger partial charge in [0, 0.05) is 24.5 Å². The van der Waals surface area contributed by atoms with Crippen molar-refractivity contribution in [1.82, 2.24) is 0 Å². The third-order valence-corrected chi connectivity index (χ3v) is 2.00. The maximum absolute atomic E-state index is 8.80. The lowest BCUT2D eigenvalue weighted by Crippen LogP contribution is -2.20. The second-order valence-corrected chi connectivity index (χ2v) is 3.41. The molecular formula is C11H15N3O. The first-order valence-electron chi connectivity index (χ1n) is 4.72. The van der Waals surface area contributed by atoms with Crippen molar-refractivity contribution >= 4 is 11.4 Å². The molecule has 80 valence electrons. The summed E-state index contributed by atoms with van der Waals surface area (Å²) in [5.74, 6) is 0. The smallest absolute Gasteiger partial charge is 0.101 e. The number of anilines is 2. The number of methoxy groups -OCH3 is 1. The van der Waals surface area contributed by atoms with Crippen molar-refractivity contribution in [3.8, 4) is 6.07 Å². The third-order valence-electron chi connectivity index (χ3n) is 2.00. The van der Waals surface area contributed by atoms with Gasteiger partial charge in [0.15, 0.2) is 0 Å². The van der Waals surface area contributed by atoms with Crippen LogP contribution in [0.4, 0.5) is 11.4 Å². The van der Waals surface area contributed by atoms with E-state index in [-0.39, 0.29) is 6.04 Å². The van der Waals surface area contributed by atoms with Crippen LogP contribution in [0.1, 0.15) is 12.5 Å². The molecule has 0 fully saturated rings. The average Bonchev–Trinajstić information content (AvgIpc) is 2.21. The van der Waals surface area contributed by atoms with E-state index in [1.54, 1.807) is 19.2 Å². The SMILES string of the molecule is COCC(C)Nc1ccc(N)c(C#N)c1. The van der Waals surface area contributed by atoms with Crippen molar-refractivity contribution in [2.45, 2.75) is 13.0 Å². The number of hydrogen-bond donors (Lipinski definition) is 2. The summed E-state index contributed by atoms with van der Waals surface area (Å²) in [7, 11) is 1.65. The monoisotopic (exact) mass is 205 g/mol. The van der Waals surface area contributed by atoms with Gasteiger partial charge in [-0.05, 0) is 25.1 Å². The summed E-state index contributed by atoms with van der Waals surface area (Å²) in [6.07, 6.45) is 0. The minimum atomic E-state index is 0.199. The van der Waals surface area contributed by atoms with Gasteiger partial charge in [-0.25, -0.2) is 0 Å². The minimum Gasteiger partial charge on any atom is -0.398 e. The lowest BCUT2D eigenvalue weighted by Gasteiger charge is -2.14. The van der Waals surface area contributed by atoms with Crippen LogP contribution in [0.3, 0.4) is 0 Å². The standard InChI is InChI=1S/C11H15N3O/c1-8(7-15-2)14-10-3-4-11(13)9(5-10)6-12/h3-5,8,14H,7,13H2,1-2H3. The van der Waals surface area contributed by atoms with Crippen molar-refractivity contribution in [1.29, 1.82) is 5.26 Å². The fourth-order valence-electron chi connectivity index (χ4n) is 1.32. The highest BCUT2D eigenvalue weighted by atomic mass is 16.5. The molecule has 0 aliphatic rings. The maximum atomic E-state index is 8.80. The van der Waals surface area contributed by atoms with Gasteiger partial charge in [0.2, 0.25) is 0 Å². The Hall–Kier alpha value is -1.73. The predicted molar refractivity (Wildman–Crippen MR) is 60.5 cm³/mol. The van der Waals surface area contributed by atoms with Gasteiger partial charge in [0.1, 0.15) is 6.07 Å². The first-order chi connectivity index (χ1) is 7.17. The molecule has 1 aromatic carbocycles. The second kappa shape index (κ2) is 5.23. The number of rotatable bonds is 4. The Morgan fingerprint density at radius 2 is 2.33 bits per heavy atom. The molecule has 4 nitrogen and oxygen atoms in total. The molecule has 1 atom stereocenters. The number of hydrogen-bond acceptors (Lipinski definition) is 4. The number of nitrogens with one attached hydrogen (secondary N) is 1. The molecule has 1 unspecified atom stereocenters. The minimum absolute atomic E-state index is 0.199. The number of nitrogens with zero attached hydrogens (tertiary/aromatic N) is 1. The first-order valence-corrected chi connectivity index (χ1v) is 4.72. The number of nitrogen functional groups attached to an aromatic ring is 1. The van der Waals surface area contributed by atoms with Gasteiger partial charge < -0.3 is 15.8 Å². The van der Waals surface area contributed by atoms with Gasteiger partial charge in [0.05, 0.1) is 12.2 Å². The molecule has 0 aliphatic carbocycles. The Morgan fingerprint density at radius 1 is 1.60 bits per heavy atom. The average molecular weight is 205 g/mol. The van der Waals surface area contributed by atoms with Crippen LogP contribution < -0.4 is 11.1 Å². The van der Waals surface area contributed by atoms with E-state index >= 15 is 0 Å². The first kappa shape index (κ1) is 11.3. The van der Waals surface area contributed by atoms with Crippen LogP contribution in [0, 0.1) is 11.3 Å². The summed E-state index contributed by atoms with van der Waals surface area (Å²) in [4.78, 5) is 0. The van der Waals surface area contributed by atoms with Crippen LogP contribution in [-0.4, -0.2) is 19.8 Å². The molecule has 0 aromatic heterocycles. The van der Waals surface area contributed by atoms with Crippen LogP contribution in [0.2, 0.25) is 0 Å². The van der Waals surface area contributed by atoms with E-state index in [0.717, 1.165) is 5.69 Å². The van der Waals surface area contributed by atoms with Crippen LogP contribution in [0.25, 0.3) is 0 Å². The fraction of sp³-hybridized carbons (Fsp3) is 0.364. The zero-order valence-corrected chi connectivity index (χ0v) is 8.95. The van der Waals surface area contributed by atoms with Crippen molar-refractivity contribution in [3.63, 3.8) is 0 Å². The number of nitrogens with two attached hydrogens (primary N) is 1. The van der Waals surface area contributed by atoms with Crippen LogP contribution in [-0.2, 0) is 4.74 Å². The molecule has 1 aromatic rings. The molecule has 0 amide bonds. The Labute approximate surface area is 89.7 Å². The van der Waals surface area contributed by atoms with E-state index in [0.29, 0.717) is 17.9 Å². The quantitative estimate of drug-likeness (QED) is 0.732. The molecular weight excluding hydrogens is 190 g/mol.